The van der Waals surface area contributed by atoms with Gasteiger partial charge in [0.25, 0.3) is 0 Å². The second-order valence-electron chi connectivity index (χ2n) is 11.2. The molecule has 0 saturated carbocycles. The number of hydrogen-bond donors (Lipinski definition) is 0. The predicted molar refractivity (Wildman–Crippen MR) is 163 cm³/mol. The summed E-state index contributed by atoms with van der Waals surface area (Å²) in [6.45, 7) is 2.28. The van der Waals surface area contributed by atoms with Crippen LogP contribution in [0, 0.1) is 5.92 Å². The topological polar surface area (TPSA) is 35.6 Å². The summed E-state index contributed by atoms with van der Waals surface area (Å²) in [5.41, 5.74) is 13.4. The molecule has 190 valence electrons. The van der Waals surface area contributed by atoms with E-state index in [-0.39, 0.29) is 0 Å². The molecule has 0 aliphatic heterocycles. The van der Waals surface area contributed by atoms with Crippen molar-refractivity contribution in [2.75, 3.05) is 0 Å². The maximum Gasteiger partial charge on any atom is 0.0963 e. The van der Waals surface area contributed by atoms with Crippen molar-refractivity contribution < 1.29 is 0 Å². The van der Waals surface area contributed by atoms with Crippen LogP contribution in [-0.2, 0) is 6.42 Å². The molecule has 0 saturated heterocycles. The minimum absolute atomic E-state index is 0.530. The molecule has 0 N–H and O–H groups in total. The molecule has 2 aliphatic rings. The first-order valence-corrected chi connectivity index (χ1v) is 14.0. The molecule has 1 atom stereocenters. The molecule has 3 aromatic carbocycles. The van der Waals surface area contributed by atoms with Crippen LogP contribution in [0.15, 0.2) is 97.3 Å². The number of nitrogens with zero attached hydrogens (tertiary/aromatic N) is 4. The standard InChI is InChI=1S/C36H26N4/c1-22-10-15-32-30(18-22)36-34(9-5-17-38-36)40(32)26-12-14-28-24(21-26)19-23-20-25(11-13-27(23)28)39-31-7-3-2-6-29(31)35-33(39)8-4-16-37-35/h2-9,11-18,20-22H,10,19H2,1H3. The number of hydrogen-bond acceptors (Lipinski definition) is 2. The van der Waals surface area contributed by atoms with Gasteiger partial charge < -0.3 is 9.13 Å². The van der Waals surface area contributed by atoms with Crippen LogP contribution in [0.4, 0.5) is 0 Å². The summed E-state index contributed by atoms with van der Waals surface area (Å²) in [5.74, 6) is 0.530. The minimum Gasteiger partial charge on any atom is -0.308 e. The Morgan fingerprint density at radius 1 is 0.675 bits per heavy atom. The summed E-state index contributed by atoms with van der Waals surface area (Å²) in [5, 5.41) is 3.72. The lowest BCUT2D eigenvalue weighted by Crippen LogP contribution is -2.31. The van der Waals surface area contributed by atoms with E-state index < -0.39 is 0 Å². The third-order valence-corrected chi connectivity index (χ3v) is 8.73. The van der Waals surface area contributed by atoms with E-state index in [9.17, 15) is 0 Å². The molecule has 0 fully saturated rings. The van der Waals surface area contributed by atoms with E-state index in [0.717, 1.165) is 29.4 Å². The molecule has 0 bridgehead atoms. The largest absolute Gasteiger partial charge is 0.308 e. The van der Waals surface area contributed by atoms with E-state index in [4.69, 9.17) is 9.97 Å². The highest BCUT2D eigenvalue weighted by Crippen LogP contribution is 2.40. The van der Waals surface area contributed by atoms with E-state index in [1.807, 2.05) is 24.5 Å². The second kappa shape index (κ2) is 8.03. The zero-order valence-corrected chi connectivity index (χ0v) is 22.2. The molecular formula is C36H26N4. The van der Waals surface area contributed by atoms with Crippen molar-refractivity contribution >= 4 is 45.1 Å². The van der Waals surface area contributed by atoms with E-state index in [2.05, 4.69) is 101 Å². The first kappa shape index (κ1) is 21.9. The molecule has 2 aliphatic carbocycles. The molecule has 0 radical (unpaired) electrons. The van der Waals surface area contributed by atoms with Crippen molar-refractivity contribution in [1.82, 2.24) is 19.1 Å². The van der Waals surface area contributed by atoms with E-state index >= 15 is 0 Å². The van der Waals surface area contributed by atoms with Gasteiger partial charge in [-0.3, -0.25) is 9.97 Å². The van der Waals surface area contributed by atoms with Crippen molar-refractivity contribution in [2.24, 2.45) is 5.92 Å². The Balaban J connectivity index is 1.19. The number of fused-ring (bicyclic) bond motifs is 9. The smallest absolute Gasteiger partial charge is 0.0963 e. The summed E-state index contributed by atoms with van der Waals surface area (Å²) in [6, 6.07) is 30.9. The van der Waals surface area contributed by atoms with Gasteiger partial charge in [-0.15, -0.1) is 0 Å². The fourth-order valence-electron chi connectivity index (χ4n) is 6.97. The molecule has 0 spiro atoms. The molecule has 7 aromatic rings. The number of para-hydroxylation sites is 1. The maximum atomic E-state index is 4.78. The van der Waals surface area contributed by atoms with E-state index in [1.54, 1.807) is 0 Å². The zero-order chi connectivity index (χ0) is 26.4. The Morgan fingerprint density at radius 2 is 1.32 bits per heavy atom. The van der Waals surface area contributed by atoms with Gasteiger partial charge in [0.15, 0.2) is 0 Å². The van der Waals surface area contributed by atoms with Gasteiger partial charge in [0.05, 0.1) is 32.9 Å². The summed E-state index contributed by atoms with van der Waals surface area (Å²) >= 11 is 0. The molecule has 4 nitrogen and oxygen atoms in total. The van der Waals surface area contributed by atoms with Gasteiger partial charge in [0, 0.05) is 34.4 Å². The van der Waals surface area contributed by atoms with Gasteiger partial charge in [0.2, 0.25) is 0 Å². The second-order valence-corrected chi connectivity index (χ2v) is 11.2. The average Bonchev–Trinajstić information content (AvgIpc) is 3.63. The van der Waals surface area contributed by atoms with Crippen molar-refractivity contribution in [3.63, 3.8) is 0 Å². The highest BCUT2D eigenvalue weighted by Gasteiger charge is 2.22. The third kappa shape index (κ3) is 2.96. The Labute approximate surface area is 231 Å². The Morgan fingerprint density at radius 3 is 2.10 bits per heavy atom. The van der Waals surface area contributed by atoms with Crippen LogP contribution in [0.2, 0.25) is 0 Å². The van der Waals surface area contributed by atoms with Gasteiger partial charge in [-0.2, -0.15) is 0 Å². The summed E-state index contributed by atoms with van der Waals surface area (Å²) in [6.07, 6.45) is 10.5. The zero-order valence-electron chi connectivity index (χ0n) is 22.2. The first-order chi connectivity index (χ1) is 19.7. The van der Waals surface area contributed by atoms with E-state index in [1.165, 1.54) is 60.6 Å². The molecule has 40 heavy (non-hydrogen) atoms. The van der Waals surface area contributed by atoms with Crippen LogP contribution in [0.1, 0.15) is 24.5 Å². The quantitative estimate of drug-likeness (QED) is 0.258. The number of aromatic nitrogens is 4. The molecule has 4 aromatic heterocycles. The molecule has 0 amide bonds. The van der Waals surface area contributed by atoms with Crippen LogP contribution in [-0.4, -0.2) is 19.1 Å². The Kier molecular flexibility index (Phi) is 4.40. The van der Waals surface area contributed by atoms with Gasteiger partial charge in [-0.1, -0.05) is 49.4 Å². The van der Waals surface area contributed by atoms with E-state index in [0.29, 0.717) is 5.92 Å². The third-order valence-electron chi connectivity index (χ3n) is 8.73. The molecule has 1 unspecified atom stereocenters. The molecule has 4 heteroatoms. The number of benzene rings is 3. The van der Waals surface area contributed by atoms with Gasteiger partial charge in [-0.05, 0) is 95.6 Å². The summed E-state index contributed by atoms with van der Waals surface area (Å²) in [7, 11) is 0. The first-order valence-electron chi connectivity index (χ1n) is 14.0. The van der Waals surface area contributed by atoms with Crippen LogP contribution in [0.25, 0.3) is 67.6 Å². The Hall–Kier alpha value is -4.96. The summed E-state index contributed by atoms with van der Waals surface area (Å²) in [4.78, 5) is 9.50. The predicted octanol–water partition coefficient (Wildman–Crippen LogP) is 6.69. The highest BCUT2D eigenvalue weighted by molar-refractivity contribution is 6.07. The lowest BCUT2D eigenvalue weighted by molar-refractivity contribution is 0.795. The van der Waals surface area contributed by atoms with Crippen LogP contribution in [0.5, 0.6) is 0 Å². The normalized spacial score (nSPS) is 15.6. The fraction of sp³-hybridized carbons (Fsp3) is 0.111. The van der Waals surface area contributed by atoms with Crippen molar-refractivity contribution in [1.29, 1.82) is 0 Å². The average molecular weight is 515 g/mol. The summed E-state index contributed by atoms with van der Waals surface area (Å²) < 4.78 is 4.75. The van der Waals surface area contributed by atoms with Gasteiger partial charge in [-0.25, -0.2) is 0 Å². The fourth-order valence-corrected chi connectivity index (χ4v) is 6.97. The maximum absolute atomic E-state index is 4.78. The van der Waals surface area contributed by atoms with Crippen molar-refractivity contribution in [2.45, 2.75) is 19.8 Å². The monoisotopic (exact) mass is 514 g/mol. The van der Waals surface area contributed by atoms with Crippen molar-refractivity contribution in [3.05, 3.63) is 119 Å². The molecule has 4 heterocycles. The molecular weight excluding hydrogens is 488 g/mol. The van der Waals surface area contributed by atoms with Crippen molar-refractivity contribution in [3.8, 4) is 22.5 Å². The lowest BCUT2D eigenvalue weighted by atomic mass is 10.0. The van der Waals surface area contributed by atoms with Crippen LogP contribution in [0.3, 0.4) is 0 Å². The Bertz CT molecular complexity index is 2250. The molecule has 9 rings (SSSR count). The van der Waals surface area contributed by atoms with Gasteiger partial charge >= 0.3 is 0 Å². The van der Waals surface area contributed by atoms with Crippen LogP contribution < -0.4 is 10.6 Å². The minimum atomic E-state index is 0.530. The van der Waals surface area contributed by atoms with Crippen LogP contribution >= 0.6 is 0 Å². The van der Waals surface area contributed by atoms with Gasteiger partial charge in [0.1, 0.15) is 0 Å². The highest BCUT2D eigenvalue weighted by atomic mass is 15.0. The SMILES string of the molecule is CC1C=c2c(n(-c3ccc4c(c3)Cc3cc(-n5c6ccccc6c6ncccc65)ccc3-4)c3cccnc23)=CC1. The lowest BCUT2D eigenvalue weighted by Gasteiger charge is -2.11. The number of rotatable bonds is 2. The number of pyridine rings is 2.